The Labute approximate surface area is 146 Å². The van der Waals surface area contributed by atoms with E-state index in [4.69, 9.17) is 5.73 Å². The van der Waals surface area contributed by atoms with Gasteiger partial charge < -0.3 is 11.1 Å². The number of thioether (sulfide) groups is 1. The molecule has 0 aliphatic heterocycles. The lowest BCUT2D eigenvalue weighted by Crippen LogP contribution is -2.24. The van der Waals surface area contributed by atoms with Crippen molar-refractivity contribution in [2.75, 3.05) is 11.5 Å². The van der Waals surface area contributed by atoms with E-state index in [2.05, 4.69) is 15.3 Å². The molecule has 0 unspecified atom stereocenters. The Bertz CT molecular complexity index is 842. The van der Waals surface area contributed by atoms with Crippen molar-refractivity contribution < 1.29 is 4.79 Å². The summed E-state index contributed by atoms with van der Waals surface area (Å²) in [6.45, 7) is 4.63. The van der Waals surface area contributed by atoms with Gasteiger partial charge in [-0.1, -0.05) is 17.8 Å². The summed E-state index contributed by atoms with van der Waals surface area (Å²) in [6.07, 6.45) is 0. The molecule has 23 heavy (non-hydrogen) atoms. The minimum absolute atomic E-state index is 0.0378. The average molecular weight is 365 g/mol. The molecular weight excluding hydrogens is 348 g/mol. The van der Waals surface area contributed by atoms with Crippen molar-refractivity contribution >= 4 is 56.4 Å². The number of thiophene rings is 2. The van der Waals surface area contributed by atoms with Crippen LogP contribution in [0.15, 0.2) is 22.7 Å². The van der Waals surface area contributed by atoms with E-state index in [-0.39, 0.29) is 11.7 Å². The van der Waals surface area contributed by atoms with E-state index in [1.807, 2.05) is 31.4 Å². The van der Waals surface area contributed by atoms with Gasteiger partial charge in [-0.3, -0.25) is 4.79 Å². The van der Waals surface area contributed by atoms with Crippen LogP contribution in [-0.4, -0.2) is 21.6 Å². The third kappa shape index (κ3) is 3.65. The van der Waals surface area contributed by atoms with Crippen molar-refractivity contribution in [3.05, 3.63) is 32.8 Å². The lowest BCUT2D eigenvalue weighted by molar-refractivity contribution is -0.118. The Balaban J connectivity index is 1.64. The number of rotatable bonds is 5. The van der Waals surface area contributed by atoms with Gasteiger partial charge in [0.05, 0.1) is 17.7 Å². The summed E-state index contributed by atoms with van der Waals surface area (Å²) in [5.74, 6) is 0.724. The third-order valence-electron chi connectivity index (χ3n) is 3.41. The van der Waals surface area contributed by atoms with Gasteiger partial charge in [0.25, 0.3) is 0 Å². The SMILES string of the molecule is Cc1sc2nc(SCC(=O)NCc3cccs3)nc(N)c2c1C. The number of aromatic nitrogens is 2. The number of carbonyl (C=O) groups is 1. The fraction of sp³-hybridized carbons (Fsp3) is 0.267. The fourth-order valence-corrected chi connectivity index (χ4v) is 4.53. The highest BCUT2D eigenvalue weighted by Gasteiger charge is 2.13. The lowest BCUT2D eigenvalue weighted by atomic mass is 10.2. The maximum atomic E-state index is 11.9. The molecule has 0 bridgehead atoms. The van der Waals surface area contributed by atoms with Gasteiger partial charge in [0.1, 0.15) is 10.6 Å². The molecule has 5 nitrogen and oxygen atoms in total. The summed E-state index contributed by atoms with van der Waals surface area (Å²) in [4.78, 5) is 23.9. The predicted molar refractivity (Wildman–Crippen MR) is 98.2 cm³/mol. The highest BCUT2D eigenvalue weighted by molar-refractivity contribution is 7.99. The smallest absolute Gasteiger partial charge is 0.230 e. The van der Waals surface area contributed by atoms with E-state index >= 15 is 0 Å². The number of anilines is 1. The van der Waals surface area contributed by atoms with Crippen LogP contribution in [0, 0.1) is 13.8 Å². The zero-order valence-electron chi connectivity index (χ0n) is 12.8. The number of nitrogens with zero attached hydrogens (tertiary/aromatic N) is 2. The van der Waals surface area contributed by atoms with Crippen LogP contribution in [-0.2, 0) is 11.3 Å². The normalized spacial score (nSPS) is 11.0. The van der Waals surface area contributed by atoms with Gasteiger partial charge in [-0.15, -0.1) is 22.7 Å². The van der Waals surface area contributed by atoms with E-state index in [9.17, 15) is 4.79 Å². The summed E-state index contributed by atoms with van der Waals surface area (Å²) in [7, 11) is 0. The molecule has 1 amide bonds. The molecule has 8 heteroatoms. The number of carbonyl (C=O) groups excluding carboxylic acids is 1. The van der Waals surface area contributed by atoms with Crippen LogP contribution in [0.2, 0.25) is 0 Å². The number of amides is 1. The highest BCUT2D eigenvalue weighted by Crippen LogP contribution is 2.33. The summed E-state index contributed by atoms with van der Waals surface area (Å²) >= 11 is 4.54. The van der Waals surface area contributed by atoms with Gasteiger partial charge in [-0.2, -0.15) is 0 Å². The highest BCUT2D eigenvalue weighted by atomic mass is 32.2. The van der Waals surface area contributed by atoms with Gasteiger partial charge in [0.15, 0.2) is 5.16 Å². The minimum atomic E-state index is -0.0378. The van der Waals surface area contributed by atoms with Crippen LogP contribution in [0.1, 0.15) is 15.3 Å². The van der Waals surface area contributed by atoms with Crippen molar-refractivity contribution in [1.82, 2.24) is 15.3 Å². The topological polar surface area (TPSA) is 80.9 Å². The number of fused-ring (bicyclic) bond motifs is 1. The van der Waals surface area contributed by atoms with Crippen molar-refractivity contribution in [3.8, 4) is 0 Å². The molecule has 3 N–H and O–H groups in total. The van der Waals surface area contributed by atoms with E-state index in [1.165, 1.54) is 16.6 Å². The number of nitrogen functional groups attached to an aromatic ring is 1. The van der Waals surface area contributed by atoms with Gasteiger partial charge in [-0.05, 0) is 30.9 Å². The second kappa shape index (κ2) is 6.86. The first-order valence-corrected chi connectivity index (χ1v) is 9.68. The Hall–Kier alpha value is -1.64. The van der Waals surface area contributed by atoms with Crippen molar-refractivity contribution in [3.63, 3.8) is 0 Å². The molecule has 3 aromatic rings. The quantitative estimate of drug-likeness (QED) is 0.536. The Morgan fingerprint density at radius 3 is 2.96 bits per heavy atom. The molecule has 0 saturated heterocycles. The molecule has 3 heterocycles. The lowest BCUT2D eigenvalue weighted by Gasteiger charge is -2.04. The van der Waals surface area contributed by atoms with Crippen LogP contribution >= 0.6 is 34.4 Å². The number of nitrogens with one attached hydrogen (secondary N) is 1. The number of aryl methyl sites for hydroxylation is 2. The Morgan fingerprint density at radius 1 is 1.39 bits per heavy atom. The van der Waals surface area contributed by atoms with Crippen LogP contribution < -0.4 is 11.1 Å². The summed E-state index contributed by atoms with van der Waals surface area (Å²) in [6, 6.07) is 3.97. The first-order chi connectivity index (χ1) is 11.0. The van der Waals surface area contributed by atoms with Gasteiger partial charge in [0.2, 0.25) is 5.91 Å². The average Bonchev–Trinajstić information content (AvgIpc) is 3.12. The van der Waals surface area contributed by atoms with Gasteiger partial charge in [0, 0.05) is 9.75 Å². The molecule has 0 saturated carbocycles. The summed E-state index contributed by atoms with van der Waals surface area (Å²) < 4.78 is 0. The molecule has 0 atom stereocenters. The van der Waals surface area contributed by atoms with Crippen LogP contribution in [0.4, 0.5) is 5.82 Å². The fourth-order valence-electron chi connectivity index (χ4n) is 2.10. The van der Waals surface area contributed by atoms with Crippen LogP contribution in [0.25, 0.3) is 10.2 Å². The largest absolute Gasteiger partial charge is 0.383 e. The molecule has 0 radical (unpaired) electrons. The number of hydrogen-bond donors (Lipinski definition) is 2. The van der Waals surface area contributed by atoms with Crippen molar-refractivity contribution in [2.45, 2.75) is 25.5 Å². The monoisotopic (exact) mass is 364 g/mol. The molecule has 3 rings (SSSR count). The molecular formula is C15H16N4OS3. The van der Waals surface area contributed by atoms with Crippen LogP contribution in [0.5, 0.6) is 0 Å². The molecule has 0 spiro atoms. The molecule has 0 aliphatic carbocycles. The molecule has 0 fully saturated rings. The molecule has 0 aromatic carbocycles. The van der Waals surface area contributed by atoms with Crippen molar-refractivity contribution in [1.29, 1.82) is 0 Å². The first kappa shape index (κ1) is 16.2. The van der Waals surface area contributed by atoms with Gasteiger partial charge >= 0.3 is 0 Å². The Kier molecular flexibility index (Phi) is 4.84. The minimum Gasteiger partial charge on any atom is -0.383 e. The first-order valence-electron chi connectivity index (χ1n) is 6.99. The van der Waals surface area contributed by atoms with E-state index < -0.39 is 0 Å². The maximum Gasteiger partial charge on any atom is 0.230 e. The Morgan fingerprint density at radius 2 is 2.22 bits per heavy atom. The number of nitrogens with two attached hydrogens (primary N) is 1. The third-order valence-corrected chi connectivity index (χ3v) is 6.23. The van der Waals surface area contributed by atoms with Crippen LogP contribution in [0.3, 0.4) is 0 Å². The zero-order chi connectivity index (χ0) is 16.4. The van der Waals surface area contributed by atoms with E-state index in [1.54, 1.807) is 22.7 Å². The second-order valence-electron chi connectivity index (χ2n) is 5.00. The maximum absolute atomic E-state index is 11.9. The number of hydrogen-bond acceptors (Lipinski definition) is 7. The van der Waals surface area contributed by atoms with E-state index in [0.29, 0.717) is 17.5 Å². The second-order valence-corrected chi connectivity index (χ2v) is 8.18. The molecule has 0 aliphatic rings. The molecule has 120 valence electrons. The molecule has 3 aromatic heterocycles. The van der Waals surface area contributed by atoms with Crippen molar-refractivity contribution in [2.24, 2.45) is 0 Å². The standard InChI is InChI=1S/C15H16N4OS3/c1-8-9(2)23-14-12(8)13(16)18-15(19-14)22-7-11(20)17-6-10-4-3-5-21-10/h3-5H,6-7H2,1-2H3,(H,17,20)(H2,16,18,19). The van der Waals surface area contributed by atoms with Gasteiger partial charge in [-0.25, -0.2) is 9.97 Å². The van der Waals surface area contributed by atoms with E-state index in [0.717, 1.165) is 20.7 Å². The predicted octanol–water partition coefficient (Wildman–Crippen LogP) is 3.36. The zero-order valence-corrected chi connectivity index (χ0v) is 15.2. The summed E-state index contributed by atoms with van der Waals surface area (Å²) in [5.41, 5.74) is 7.18. The summed E-state index contributed by atoms with van der Waals surface area (Å²) in [5, 5.41) is 6.35.